The first kappa shape index (κ1) is 22.7. The molecule has 2 aromatic carbocycles. The monoisotopic (exact) mass is 496 g/mol. The van der Waals surface area contributed by atoms with Crippen LogP contribution >= 0.6 is 0 Å². The van der Waals surface area contributed by atoms with Gasteiger partial charge in [-0.1, -0.05) is 30.3 Å². The first-order chi connectivity index (χ1) is 18.1. The number of hydrogen-bond acceptors (Lipinski definition) is 8. The Bertz CT molecular complexity index is 1480. The lowest BCUT2D eigenvalue weighted by molar-refractivity contribution is -0.132. The van der Waals surface area contributed by atoms with Gasteiger partial charge in [-0.15, -0.1) is 10.2 Å². The van der Waals surface area contributed by atoms with Crippen LogP contribution in [0.2, 0.25) is 0 Å². The Morgan fingerprint density at radius 1 is 0.811 bits per heavy atom. The van der Waals surface area contributed by atoms with E-state index in [0.717, 1.165) is 28.4 Å². The maximum absolute atomic E-state index is 12.9. The molecule has 0 saturated carbocycles. The summed E-state index contributed by atoms with van der Waals surface area (Å²) in [6.45, 7) is 2.52. The Balaban J connectivity index is 1.06. The highest BCUT2D eigenvalue weighted by atomic mass is 16.7. The highest BCUT2D eigenvalue weighted by molar-refractivity contribution is 5.76. The maximum Gasteiger partial charge on any atom is 0.254 e. The fourth-order valence-corrected chi connectivity index (χ4v) is 4.45. The van der Waals surface area contributed by atoms with E-state index in [2.05, 4.69) is 20.1 Å². The number of hydrogen-bond donors (Lipinski definition) is 0. The first-order valence-corrected chi connectivity index (χ1v) is 12.0. The zero-order chi connectivity index (χ0) is 25.2. The van der Waals surface area contributed by atoms with Crippen LogP contribution in [0.15, 0.2) is 77.9 Å². The summed E-state index contributed by atoms with van der Waals surface area (Å²) in [4.78, 5) is 33.7. The van der Waals surface area contributed by atoms with Crippen LogP contribution in [0.1, 0.15) is 0 Å². The molecule has 37 heavy (non-hydrogen) atoms. The molecule has 0 bridgehead atoms. The van der Waals surface area contributed by atoms with Gasteiger partial charge in [0.05, 0.1) is 17.7 Å². The molecule has 0 radical (unpaired) electrons. The van der Waals surface area contributed by atoms with Crippen LogP contribution in [0.4, 0.5) is 5.82 Å². The summed E-state index contributed by atoms with van der Waals surface area (Å²) in [5.74, 6) is 2.08. The van der Waals surface area contributed by atoms with Crippen molar-refractivity contribution in [3.8, 4) is 34.0 Å². The van der Waals surface area contributed by atoms with Crippen molar-refractivity contribution in [2.45, 2.75) is 6.54 Å². The van der Waals surface area contributed by atoms with Gasteiger partial charge in [0, 0.05) is 43.4 Å². The van der Waals surface area contributed by atoms with Gasteiger partial charge in [0.2, 0.25) is 12.7 Å². The zero-order valence-corrected chi connectivity index (χ0v) is 20.0. The van der Waals surface area contributed by atoms with Gasteiger partial charge < -0.3 is 19.3 Å². The molecule has 0 aliphatic carbocycles. The summed E-state index contributed by atoms with van der Waals surface area (Å²) < 4.78 is 12.2. The highest BCUT2D eigenvalue weighted by Gasteiger charge is 2.23. The van der Waals surface area contributed by atoms with E-state index in [1.54, 1.807) is 4.90 Å². The second-order valence-electron chi connectivity index (χ2n) is 8.82. The van der Waals surface area contributed by atoms with Crippen LogP contribution < -0.4 is 19.9 Å². The molecule has 6 rings (SSSR count). The van der Waals surface area contributed by atoms with Crippen LogP contribution in [0.3, 0.4) is 0 Å². The quantitative estimate of drug-likeness (QED) is 0.415. The van der Waals surface area contributed by atoms with Crippen molar-refractivity contribution in [3.05, 3.63) is 83.4 Å². The van der Waals surface area contributed by atoms with Crippen molar-refractivity contribution in [1.82, 2.24) is 24.6 Å². The Hall–Kier alpha value is -4.73. The fraction of sp³-hybridized carbons (Fsp3) is 0.222. The minimum atomic E-state index is -0.251. The summed E-state index contributed by atoms with van der Waals surface area (Å²) in [5, 5.41) is 8.79. The van der Waals surface area contributed by atoms with Crippen molar-refractivity contribution in [1.29, 1.82) is 0 Å². The lowest BCUT2D eigenvalue weighted by Gasteiger charge is -2.35. The lowest BCUT2D eigenvalue weighted by Crippen LogP contribution is -2.50. The van der Waals surface area contributed by atoms with E-state index in [1.807, 2.05) is 60.7 Å². The van der Waals surface area contributed by atoms with Gasteiger partial charge in [0.1, 0.15) is 6.54 Å². The molecule has 10 heteroatoms. The molecule has 0 N–H and O–H groups in total. The van der Waals surface area contributed by atoms with E-state index in [9.17, 15) is 9.59 Å². The van der Waals surface area contributed by atoms with E-state index < -0.39 is 0 Å². The summed E-state index contributed by atoms with van der Waals surface area (Å²) >= 11 is 0. The van der Waals surface area contributed by atoms with E-state index in [1.165, 1.54) is 17.0 Å². The van der Waals surface area contributed by atoms with Gasteiger partial charge in [-0.3, -0.25) is 14.2 Å². The standard InChI is InChI=1S/C27H24N6O4/c34-26-15-22(19-4-2-1-3-5-19)28-17-33(26)16-27(35)32-12-10-31(11-13-32)25-9-7-21(29-30-25)20-6-8-23-24(14-20)37-18-36-23/h1-9,14-15,17H,10-13,16,18H2. The van der Waals surface area contributed by atoms with Gasteiger partial charge >= 0.3 is 0 Å². The van der Waals surface area contributed by atoms with Crippen LogP contribution in [0.5, 0.6) is 11.5 Å². The highest BCUT2D eigenvalue weighted by Crippen LogP contribution is 2.35. The summed E-state index contributed by atoms with van der Waals surface area (Å²) in [6.07, 6.45) is 1.44. The molecule has 0 unspecified atom stereocenters. The summed E-state index contributed by atoms with van der Waals surface area (Å²) in [5.41, 5.74) is 2.85. The normalized spacial score (nSPS) is 14.6. The predicted molar refractivity (Wildman–Crippen MR) is 136 cm³/mol. The van der Waals surface area contributed by atoms with E-state index in [4.69, 9.17) is 9.47 Å². The van der Waals surface area contributed by atoms with Crippen LogP contribution in [0.25, 0.3) is 22.5 Å². The van der Waals surface area contributed by atoms with Crippen LogP contribution in [0, 0.1) is 0 Å². The van der Waals surface area contributed by atoms with Gasteiger partial charge in [0.25, 0.3) is 5.56 Å². The SMILES string of the molecule is O=C(Cn1cnc(-c2ccccc2)cc1=O)N1CCN(c2ccc(-c3ccc4c(c3)OCO4)nn2)CC1. The topological polar surface area (TPSA) is 103 Å². The minimum absolute atomic E-state index is 0.0368. The van der Waals surface area contributed by atoms with E-state index in [-0.39, 0.29) is 24.8 Å². The summed E-state index contributed by atoms with van der Waals surface area (Å²) in [7, 11) is 0. The van der Waals surface area contributed by atoms with Crippen molar-refractivity contribution < 1.29 is 14.3 Å². The Morgan fingerprint density at radius 3 is 2.38 bits per heavy atom. The summed E-state index contributed by atoms with van der Waals surface area (Å²) in [6, 6.07) is 20.5. The Morgan fingerprint density at radius 2 is 1.62 bits per heavy atom. The number of amides is 1. The largest absolute Gasteiger partial charge is 0.454 e. The van der Waals surface area contributed by atoms with Crippen molar-refractivity contribution in [2.75, 3.05) is 37.9 Å². The van der Waals surface area contributed by atoms with Crippen LogP contribution in [-0.2, 0) is 11.3 Å². The Labute approximate surface area is 212 Å². The molecule has 4 aromatic rings. The molecule has 4 heterocycles. The molecule has 2 aromatic heterocycles. The number of aromatic nitrogens is 4. The molecule has 2 aliphatic rings. The molecular weight excluding hydrogens is 472 g/mol. The third-order valence-corrected chi connectivity index (χ3v) is 6.53. The zero-order valence-electron chi connectivity index (χ0n) is 20.0. The van der Waals surface area contributed by atoms with Crippen molar-refractivity contribution >= 4 is 11.7 Å². The average molecular weight is 497 g/mol. The number of piperazine rings is 1. The van der Waals surface area contributed by atoms with E-state index in [0.29, 0.717) is 37.6 Å². The second-order valence-corrected chi connectivity index (χ2v) is 8.82. The number of fused-ring (bicyclic) bond motifs is 1. The lowest BCUT2D eigenvalue weighted by atomic mass is 10.1. The third kappa shape index (κ3) is 4.73. The minimum Gasteiger partial charge on any atom is -0.454 e. The van der Waals surface area contributed by atoms with Gasteiger partial charge in [-0.2, -0.15) is 0 Å². The van der Waals surface area contributed by atoms with Crippen molar-refractivity contribution in [2.24, 2.45) is 0 Å². The molecule has 1 fully saturated rings. The first-order valence-electron chi connectivity index (χ1n) is 12.0. The van der Waals surface area contributed by atoms with Gasteiger partial charge in [0.15, 0.2) is 17.3 Å². The predicted octanol–water partition coefficient (Wildman–Crippen LogP) is 2.44. The number of ether oxygens (including phenoxy) is 2. The second kappa shape index (κ2) is 9.73. The number of rotatable bonds is 5. The molecule has 186 valence electrons. The van der Waals surface area contributed by atoms with E-state index >= 15 is 0 Å². The fourth-order valence-electron chi connectivity index (χ4n) is 4.45. The Kier molecular flexibility index (Phi) is 5.97. The van der Waals surface area contributed by atoms with Gasteiger partial charge in [-0.05, 0) is 30.3 Å². The number of benzene rings is 2. The number of nitrogens with zero attached hydrogens (tertiary/aromatic N) is 6. The molecule has 1 amide bonds. The molecule has 2 aliphatic heterocycles. The number of carbonyl (C=O) groups is 1. The number of carbonyl (C=O) groups excluding carboxylic acids is 1. The number of anilines is 1. The average Bonchev–Trinajstić information content (AvgIpc) is 3.43. The molecule has 0 spiro atoms. The maximum atomic E-state index is 12.9. The molecular formula is C27H24N6O4. The molecule has 1 saturated heterocycles. The van der Waals surface area contributed by atoms with Crippen LogP contribution in [-0.4, -0.2) is 63.5 Å². The molecule has 0 atom stereocenters. The smallest absolute Gasteiger partial charge is 0.254 e. The van der Waals surface area contributed by atoms with Gasteiger partial charge in [-0.25, -0.2) is 4.98 Å². The molecule has 10 nitrogen and oxygen atoms in total. The van der Waals surface area contributed by atoms with Crippen molar-refractivity contribution in [3.63, 3.8) is 0 Å². The third-order valence-electron chi connectivity index (χ3n) is 6.53.